The van der Waals surface area contributed by atoms with Gasteiger partial charge in [0, 0.05) is 16.8 Å². The number of hydrogen-bond acceptors (Lipinski definition) is 5. The number of fused-ring (bicyclic) bond motifs is 1. The van der Waals surface area contributed by atoms with E-state index in [1.807, 2.05) is 13.0 Å². The van der Waals surface area contributed by atoms with Crippen LogP contribution in [-0.4, -0.2) is 24.5 Å². The van der Waals surface area contributed by atoms with Crippen LogP contribution in [0.5, 0.6) is 0 Å². The third-order valence-corrected chi connectivity index (χ3v) is 6.66. The van der Waals surface area contributed by atoms with Crippen molar-refractivity contribution in [1.29, 1.82) is 0 Å². The largest absolute Gasteiger partial charge is 0.326 e. The van der Waals surface area contributed by atoms with Crippen molar-refractivity contribution in [1.82, 2.24) is 10.2 Å². The van der Waals surface area contributed by atoms with Gasteiger partial charge in [0.1, 0.15) is 0 Å². The van der Waals surface area contributed by atoms with Crippen LogP contribution in [0.3, 0.4) is 0 Å². The predicted octanol–water partition coefficient (Wildman–Crippen LogP) is 3.52. The molecule has 0 radical (unpaired) electrons. The van der Waals surface area contributed by atoms with Gasteiger partial charge in [-0.3, -0.25) is 14.3 Å². The van der Waals surface area contributed by atoms with Crippen LogP contribution in [0, 0.1) is 13.8 Å². The number of rotatable bonds is 6. The topological polar surface area (TPSA) is 121 Å². The van der Waals surface area contributed by atoms with Crippen LogP contribution in [0.25, 0.3) is 10.8 Å². The first-order valence-electron chi connectivity index (χ1n) is 10.2. The van der Waals surface area contributed by atoms with Crippen molar-refractivity contribution < 1.29 is 13.2 Å². The highest BCUT2D eigenvalue weighted by atomic mass is 32.2. The van der Waals surface area contributed by atoms with Gasteiger partial charge in [-0.05, 0) is 55.3 Å². The lowest BCUT2D eigenvalue weighted by Crippen LogP contribution is -2.19. The normalized spacial score (nSPS) is 11.3. The molecule has 168 valence electrons. The number of aryl methyl sites for hydroxylation is 2. The molecule has 8 nitrogen and oxygen atoms in total. The summed E-state index contributed by atoms with van der Waals surface area (Å²) in [7, 11) is -3.86. The lowest BCUT2D eigenvalue weighted by molar-refractivity contribution is -0.115. The zero-order chi connectivity index (χ0) is 23.6. The Morgan fingerprint density at radius 3 is 2.45 bits per heavy atom. The molecule has 0 unspecified atom stereocenters. The van der Waals surface area contributed by atoms with E-state index in [-0.39, 0.29) is 16.9 Å². The van der Waals surface area contributed by atoms with Gasteiger partial charge in [-0.1, -0.05) is 36.4 Å². The summed E-state index contributed by atoms with van der Waals surface area (Å²) in [5, 5.41) is 10.2. The summed E-state index contributed by atoms with van der Waals surface area (Å²) in [5.41, 5.74) is 2.36. The highest BCUT2D eigenvalue weighted by Gasteiger charge is 2.19. The molecule has 0 bridgehead atoms. The number of nitrogens with one attached hydrogen (secondary N) is 3. The average Bonchev–Trinajstić information content (AvgIpc) is 2.77. The molecule has 9 heteroatoms. The first-order valence-corrected chi connectivity index (χ1v) is 11.7. The number of carbonyl (C=O) groups excluding carboxylic acids is 1. The van der Waals surface area contributed by atoms with Gasteiger partial charge in [0.25, 0.3) is 15.6 Å². The third-order valence-electron chi connectivity index (χ3n) is 5.13. The fourth-order valence-electron chi connectivity index (χ4n) is 3.55. The lowest BCUT2D eigenvalue weighted by atomic mass is 10.1. The van der Waals surface area contributed by atoms with E-state index in [1.165, 1.54) is 6.07 Å². The zero-order valence-corrected chi connectivity index (χ0v) is 18.9. The quantitative estimate of drug-likeness (QED) is 0.405. The van der Waals surface area contributed by atoms with E-state index in [4.69, 9.17) is 0 Å². The molecule has 0 aliphatic rings. The van der Waals surface area contributed by atoms with E-state index >= 15 is 0 Å². The fraction of sp³-hybridized carbons (Fsp3) is 0.125. The Kier molecular flexibility index (Phi) is 5.97. The van der Waals surface area contributed by atoms with Gasteiger partial charge in [0.15, 0.2) is 0 Å². The number of benzene rings is 3. The van der Waals surface area contributed by atoms with Crippen molar-refractivity contribution in [2.75, 3.05) is 10.0 Å². The van der Waals surface area contributed by atoms with E-state index < -0.39 is 15.9 Å². The first kappa shape index (κ1) is 22.2. The molecule has 33 heavy (non-hydrogen) atoms. The summed E-state index contributed by atoms with van der Waals surface area (Å²) in [4.78, 5) is 24.7. The summed E-state index contributed by atoms with van der Waals surface area (Å²) in [6.45, 7) is 3.56. The van der Waals surface area contributed by atoms with Crippen LogP contribution in [0.1, 0.15) is 16.8 Å². The highest BCUT2D eigenvalue weighted by molar-refractivity contribution is 7.92. The Labute approximate surface area is 190 Å². The first-order chi connectivity index (χ1) is 15.7. The Bertz CT molecular complexity index is 1530. The van der Waals surface area contributed by atoms with Crippen LogP contribution >= 0.6 is 0 Å². The monoisotopic (exact) mass is 462 g/mol. The van der Waals surface area contributed by atoms with Crippen molar-refractivity contribution in [3.05, 3.63) is 93.9 Å². The van der Waals surface area contributed by atoms with Gasteiger partial charge in [0.05, 0.1) is 22.4 Å². The SMILES string of the molecule is Cc1cccc(NS(=O)(=O)c2cc(NC(=O)Cc3n[nH]c(=O)c4ccccc34)ccc2C)c1. The Morgan fingerprint density at radius 2 is 1.70 bits per heavy atom. The number of carbonyl (C=O) groups is 1. The minimum absolute atomic E-state index is 0.0643. The Hall–Kier alpha value is -3.98. The molecule has 0 spiro atoms. The van der Waals surface area contributed by atoms with E-state index in [2.05, 4.69) is 20.2 Å². The van der Waals surface area contributed by atoms with Crippen molar-refractivity contribution in [3.8, 4) is 0 Å². The third kappa shape index (κ3) is 4.93. The summed E-state index contributed by atoms with van der Waals surface area (Å²) < 4.78 is 28.5. The standard InChI is InChI=1S/C24H22N4O4S/c1-15-6-5-7-18(12-15)28-33(31,32)22-13-17(11-10-16(22)2)25-23(29)14-21-19-8-3-4-9-20(19)24(30)27-26-21/h3-13,28H,14H2,1-2H3,(H,25,29)(H,27,30). The van der Waals surface area contributed by atoms with Crippen molar-refractivity contribution in [2.45, 2.75) is 25.2 Å². The van der Waals surface area contributed by atoms with Gasteiger partial charge < -0.3 is 5.32 Å². The summed E-state index contributed by atoms with van der Waals surface area (Å²) >= 11 is 0. The van der Waals surface area contributed by atoms with E-state index in [9.17, 15) is 18.0 Å². The predicted molar refractivity (Wildman–Crippen MR) is 128 cm³/mol. The molecule has 4 aromatic rings. The Balaban J connectivity index is 1.56. The number of aromatic nitrogens is 2. The molecule has 3 N–H and O–H groups in total. The van der Waals surface area contributed by atoms with Gasteiger partial charge in [-0.25, -0.2) is 13.5 Å². The molecular weight excluding hydrogens is 440 g/mol. The van der Waals surface area contributed by atoms with E-state index in [0.717, 1.165) is 5.56 Å². The number of sulfonamides is 1. The van der Waals surface area contributed by atoms with Crippen LogP contribution in [0.2, 0.25) is 0 Å². The van der Waals surface area contributed by atoms with Crippen LogP contribution in [0.4, 0.5) is 11.4 Å². The van der Waals surface area contributed by atoms with Gasteiger partial charge in [-0.2, -0.15) is 5.10 Å². The summed E-state index contributed by atoms with van der Waals surface area (Å²) in [6, 6.07) is 18.6. The second kappa shape index (κ2) is 8.87. The van der Waals surface area contributed by atoms with Crippen molar-refractivity contribution in [2.24, 2.45) is 0 Å². The summed E-state index contributed by atoms with van der Waals surface area (Å²) in [6.07, 6.45) is -0.0885. The zero-order valence-electron chi connectivity index (χ0n) is 18.0. The molecule has 1 heterocycles. The minimum atomic E-state index is -3.86. The number of H-pyrrole nitrogens is 1. The number of aromatic amines is 1. The molecule has 0 fully saturated rings. The molecule has 0 aliphatic heterocycles. The number of hydrogen-bond donors (Lipinski definition) is 3. The molecule has 1 aromatic heterocycles. The van der Waals surface area contributed by atoms with Crippen molar-refractivity contribution >= 4 is 38.1 Å². The molecule has 1 amide bonds. The van der Waals surface area contributed by atoms with Crippen LogP contribution < -0.4 is 15.6 Å². The van der Waals surface area contributed by atoms with Gasteiger partial charge in [-0.15, -0.1) is 0 Å². The number of nitrogens with zero attached hydrogens (tertiary/aromatic N) is 1. The molecule has 0 saturated heterocycles. The van der Waals surface area contributed by atoms with Crippen molar-refractivity contribution in [3.63, 3.8) is 0 Å². The average molecular weight is 463 g/mol. The van der Waals surface area contributed by atoms with Crippen LogP contribution in [0.15, 0.2) is 76.4 Å². The van der Waals surface area contributed by atoms with Gasteiger partial charge >= 0.3 is 0 Å². The molecule has 0 aliphatic carbocycles. The molecule has 0 atom stereocenters. The maximum atomic E-state index is 13.0. The van der Waals surface area contributed by atoms with E-state index in [0.29, 0.717) is 33.4 Å². The molecule has 3 aromatic carbocycles. The maximum Gasteiger partial charge on any atom is 0.272 e. The lowest BCUT2D eigenvalue weighted by Gasteiger charge is -2.13. The second-order valence-electron chi connectivity index (χ2n) is 7.73. The maximum absolute atomic E-state index is 13.0. The smallest absolute Gasteiger partial charge is 0.272 e. The number of anilines is 2. The molecule has 4 rings (SSSR count). The fourth-order valence-corrected chi connectivity index (χ4v) is 4.87. The van der Waals surface area contributed by atoms with E-state index in [1.54, 1.807) is 61.5 Å². The highest BCUT2D eigenvalue weighted by Crippen LogP contribution is 2.24. The summed E-state index contributed by atoms with van der Waals surface area (Å²) in [5.74, 6) is -0.390. The second-order valence-corrected chi connectivity index (χ2v) is 9.38. The molecule has 0 saturated carbocycles. The van der Waals surface area contributed by atoms with Crippen LogP contribution in [-0.2, 0) is 21.2 Å². The Morgan fingerprint density at radius 1 is 0.939 bits per heavy atom. The minimum Gasteiger partial charge on any atom is -0.326 e. The number of amides is 1. The molecular formula is C24H22N4O4S. The van der Waals surface area contributed by atoms with Gasteiger partial charge in [0.2, 0.25) is 5.91 Å².